The first-order valence-electron chi connectivity index (χ1n) is 12.8. The van der Waals surface area contributed by atoms with Crippen LogP contribution in [0.15, 0.2) is 83.8 Å². The summed E-state index contributed by atoms with van der Waals surface area (Å²) in [6.07, 6.45) is 0.502. The number of nitrogens with one attached hydrogen (secondary N) is 1. The molecular weight excluding hydrogens is 534 g/mol. The van der Waals surface area contributed by atoms with E-state index in [1.165, 1.54) is 23.1 Å². The number of sulfonamides is 1. The van der Waals surface area contributed by atoms with Crippen LogP contribution in [-0.4, -0.2) is 49.8 Å². The molecule has 0 saturated heterocycles. The van der Waals surface area contributed by atoms with Crippen LogP contribution in [-0.2, 0) is 26.0 Å². The van der Waals surface area contributed by atoms with E-state index in [0.717, 1.165) is 15.4 Å². The molecule has 0 fully saturated rings. The van der Waals surface area contributed by atoms with Crippen LogP contribution in [0.1, 0.15) is 38.8 Å². The fraction of sp³-hybridized carbons (Fsp3) is 0.333. The number of aryl methyl sites for hydroxylation is 1. The fourth-order valence-electron chi connectivity index (χ4n) is 4.04. The number of amides is 2. The first kappa shape index (κ1) is 30.2. The zero-order chi connectivity index (χ0) is 28.8. The van der Waals surface area contributed by atoms with E-state index < -0.39 is 34.1 Å². The highest BCUT2D eigenvalue weighted by atomic mass is 35.5. The zero-order valence-corrected chi connectivity index (χ0v) is 24.6. The van der Waals surface area contributed by atoms with Crippen molar-refractivity contribution >= 4 is 39.1 Å². The molecule has 0 aliphatic carbocycles. The molecule has 1 atom stereocenters. The van der Waals surface area contributed by atoms with Gasteiger partial charge >= 0.3 is 0 Å². The summed E-state index contributed by atoms with van der Waals surface area (Å²) >= 11 is 6.21. The Labute approximate surface area is 236 Å². The third-order valence-electron chi connectivity index (χ3n) is 6.13. The van der Waals surface area contributed by atoms with E-state index in [9.17, 15) is 18.0 Å². The second-order valence-corrected chi connectivity index (χ2v) is 12.8. The molecule has 2 amide bonds. The molecule has 0 unspecified atom stereocenters. The normalized spacial score (nSPS) is 12.5. The summed E-state index contributed by atoms with van der Waals surface area (Å²) in [5.41, 5.74) is 1.66. The lowest BCUT2D eigenvalue weighted by Gasteiger charge is -2.33. The molecule has 0 heterocycles. The monoisotopic (exact) mass is 569 g/mol. The minimum Gasteiger partial charge on any atom is -0.350 e. The number of anilines is 1. The van der Waals surface area contributed by atoms with Gasteiger partial charge in [0, 0.05) is 17.1 Å². The third-order valence-corrected chi connectivity index (χ3v) is 8.16. The summed E-state index contributed by atoms with van der Waals surface area (Å²) in [5.74, 6) is -0.822. The van der Waals surface area contributed by atoms with E-state index in [4.69, 9.17) is 11.6 Å². The van der Waals surface area contributed by atoms with Crippen molar-refractivity contribution in [2.45, 2.75) is 57.5 Å². The molecule has 0 spiro atoms. The van der Waals surface area contributed by atoms with Crippen LogP contribution in [0, 0.1) is 6.92 Å². The predicted molar refractivity (Wildman–Crippen MR) is 156 cm³/mol. The molecule has 0 aliphatic heterocycles. The lowest BCUT2D eigenvalue weighted by molar-refractivity contribution is -0.139. The smallest absolute Gasteiger partial charge is 0.264 e. The molecule has 0 aromatic heterocycles. The Morgan fingerprint density at radius 2 is 1.59 bits per heavy atom. The molecule has 3 aromatic carbocycles. The largest absolute Gasteiger partial charge is 0.350 e. The van der Waals surface area contributed by atoms with Crippen molar-refractivity contribution in [1.82, 2.24) is 10.2 Å². The summed E-state index contributed by atoms with van der Waals surface area (Å²) in [6, 6.07) is 21.6. The van der Waals surface area contributed by atoms with Crippen LogP contribution < -0.4 is 9.62 Å². The molecule has 7 nitrogen and oxygen atoms in total. The summed E-state index contributed by atoms with van der Waals surface area (Å²) in [7, 11) is -4.13. The SMILES string of the molecule is Cc1ccc(S(=O)(=O)N(CC(=O)N(CCc2ccccc2)[C@H](C)C(=O)NC(C)(C)C)c2cccc(Cl)c2)cc1. The lowest BCUT2D eigenvalue weighted by atomic mass is 10.1. The molecule has 39 heavy (non-hydrogen) atoms. The average molecular weight is 570 g/mol. The molecular formula is C30H36ClN3O4S. The molecule has 0 aliphatic rings. The van der Waals surface area contributed by atoms with Crippen LogP contribution in [0.25, 0.3) is 0 Å². The van der Waals surface area contributed by atoms with Crippen LogP contribution in [0.5, 0.6) is 0 Å². The minimum absolute atomic E-state index is 0.0511. The van der Waals surface area contributed by atoms with E-state index in [1.807, 2.05) is 58.0 Å². The molecule has 9 heteroatoms. The number of nitrogens with zero attached hydrogens (tertiary/aromatic N) is 2. The van der Waals surface area contributed by atoms with Gasteiger partial charge in [-0.15, -0.1) is 0 Å². The van der Waals surface area contributed by atoms with Crippen LogP contribution >= 0.6 is 11.6 Å². The number of hydrogen-bond acceptors (Lipinski definition) is 4. The molecule has 3 rings (SSSR count). The summed E-state index contributed by atoms with van der Waals surface area (Å²) < 4.78 is 28.7. The minimum atomic E-state index is -4.13. The fourth-order valence-corrected chi connectivity index (χ4v) is 5.63. The molecule has 1 N–H and O–H groups in total. The highest BCUT2D eigenvalue weighted by Crippen LogP contribution is 2.27. The van der Waals surface area contributed by atoms with E-state index in [0.29, 0.717) is 11.4 Å². The van der Waals surface area contributed by atoms with Gasteiger partial charge in [0.25, 0.3) is 10.0 Å². The third kappa shape index (κ3) is 8.31. The highest BCUT2D eigenvalue weighted by molar-refractivity contribution is 7.92. The second kappa shape index (κ2) is 12.7. The number of carbonyl (C=O) groups is 2. The predicted octanol–water partition coefficient (Wildman–Crippen LogP) is 5.22. The summed E-state index contributed by atoms with van der Waals surface area (Å²) in [4.78, 5) is 28.5. The lowest BCUT2D eigenvalue weighted by Crippen LogP contribution is -2.55. The van der Waals surface area contributed by atoms with Crippen molar-refractivity contribution in [3.05, 3.63) is 95.0 Å². The van der Waals surface area contributed by atoms with Crippen molar-refractivity contribution in [2.75, 3.05) is 17.4 Å². The quantitative estimate of drug-likeness (QED) is 0.363. The number of halogens is 1. The first-order valence-corrected chi connectivity index (χ1v) is 14.6. The van der Waals surface area contributed by atoms with E-state index >= 15 is 0 Å². The van der Waals surface area contributed by atoms with Crippen molar-refractivity contribution in [3.63, 3.8) is 0 Å². The van der Waals surface area contributed by atoms with E-state index in [-0.39, 0.29) is 23.0 Å². The van der Waals surface area contributed by atoms with Crippen LogP contribution in [0.3, 0.4) is 0 Å². The zero-order valence-electron chi connectivity index (χ0n) is 23.0. The highest BCUT2D eigenvalue weighted by Gasteiger charge is 2.33. The van der Waals surface area contributed by atoms with Crippen molar-refractivity contribution in [1.29, 1.82) is 0 Å². The van der Waals surface area contributed by atoms with Crippen molar-refractivity contribution < 1.29 is 18.0 Å². The summed E-state index contributed by atoms with van der Waals surface area (Å²) in [6.45, 7) is 8.84. The molecule has 0 bridgehead atoms. The second-order valence-electron chi connectivity index (χ2n) is 10.5. The number of hydrogen-bond donors (Lipinski definition) is 1. The maximum Gasteiger partial charge on any atom is 0.264 e. The van der Waals surface area contributed by atoms with E-state index in [1.54, 1.807) is 37.3 Å². The van der Waals surface area contributed by atoms with Gasteiger partial charge in [0.05, 0.1) is 10.6 Å². The summed E-state index contributed by atoms with van der Waals surface area (Å²) in [5, 5.41) is 3.26. The average Bonchev–Trinajstić information content (AvgIpc) is 2.87. The van der Waals surface area contributed by atoms with E-state index in [2.05, 4.69) is 5.32 Å². The maximum absolute atomic E-state index is 13.9. The Kier molecular flexibility index (Phi) is 9.80. The van der Waals surface area contributed by atoms with Gasteiger partial charge in [0.15, 0.2) is 0 Å². The van der Waals surface area contributed by atoms with Gasteiger partial charge in [-0.3, -0.25) is 13.9 Å². The Balaban J connectivity index is 1.99. The Hall–Kier alpha value is -3.36. The van der Waals surface area contributed by atoms with Gasteiger partial charge in [0.2, 0.25) is 11.8 Å². The van der Waals surface area contributed by atoms with Crippen molar-refractivity contribution in [3.8, 4) is 0 Å². The number of benzene rings is 3. The Morgan fingerprint density at radius 3 is 2.18 bits per heavy atom. The van der Waals surface area contributed by atoms with Gasteiger partial charge in [-0.1, -0.05) is 65.7 Å². The first-order chi connectivity index (χ1) is 18.3. The standard InChI is InChI=1S/C30H36ClN3O4S/c1-22-14-16-27(17-15-22)39(37,38)34(26-13-9-12-25(31)20-26)21-28(35)33(19-18-24-10-7-6-8-11-24)23(2)29(36)32-30(3,4)5/h6-17,20,23H,18-19,21H2,1-5H3,(H,32,36)/t23-/m1/s1. The molecule has 0 radical (unpaired) electrons. The topological polar surface area (TPSA) is 86.8 Å². The van der Waals surface area contributed by atoms with Gasteiger partial charge in [0.1, 0.15) is 12.6 Å². The molecule has 0 saturated carbocycles. The number of rotatable bonds is 10. The van der Waals surface area contributed by atoms with Crippen LogP contribution in [0.2, 0.25) is 5.02 Å². The van der Waals surface area contributed by atoms with Gasteiger partial charge in [-0.05, 0) is 76.9 Å². The van der Waals surface area contributed by atoms with Crippen molar-refractivity contribution in [2.24, 2.45) is 0 Å². The Morgan fingerprint density at radius 1 is 0.949 bits per heavy atom. The van der Waals surface area contributed by atoms with Gasteiger partial charge < -0.3 is 10.2 Å². The molecule has 208 valence electrons. The molecule has 3 aromatic rings. The van der Waals surface area contributed by atoms with Gasteiger partial charge in [-0.2, -0.15) is 0 Å². The maximum atomic E-state index is 13.9. The number of carbonyl (C=O) groups excluding carboxylic acids is 2. The Bertz CT molecular complexity index is 1390. The van der Waals surface area contributed by atoms with Crippen LogP contribution in [0.4, 0.5) is 5.69 Å². The van der Waals surface area contributed by atoms with Gasteiger partial charge in [-0.25, -0.2) is 8.42 Å².